The summed E-state index contributed by atoms with van der Waals surface area (Å²) >= 11 is 0. The van der Waals surface area contributed by atoms with Gasteiger partial charge in [0.05, 0.1) is 17.7 Å². The molecule has 1 N–H and O–H groups in total. The minimum absolute atomic E-state index is 0.0412. The summed E-state index contributed by atoms with van der Waals surface area (Å²) < 4.78 is 20.9. The first-order valence-corrected chi connectivity index (χ1v) is 11.0. The highest BCUT2D eigenvalue weighted by Crippen LogP contribution is 2.61. The molecule has 5 rings (SSSR count). The molecule has 164 valence electrons. The summed E-state index contributed by atoms with van der Waals surface area (Å²) in [5, 5.41) is 12.7. The molecule has 5 nitrogen and oxygen atoms in total. The Morgan fingerprint density at radius 2 is 2.03 bits per heavy atom. The van der Waals surface area contributed by atoms with E-state index in [2.05, 4.69) is 18.0 Å². The van der Waals surface area contributed by atoms with E-state index in [1.807, 2.05) is 6.07 Å². The number of carbonyl (C=O) groups excluding carboxylic acids is 1. The minimum atomic E-state index is -0.970. The SMILES string of the molecule is C=C1NC2(C(=O)N1C)c1cc(-c3cccc(C#N)c3)c(F)cc1CC21CCC(OC)CC1. The molecule has 1 unspecified atom stereocenters. The molecular formula is C26H26FN3O2. The Balaban J connectivity index is 1.70. The van der Waals surface area contributed by atoms with Crippen LogP contribution in [0.4, 0.5) is 4.39 Å². The molecule has 1 atom stereocenters. The van der Waals surface area contributed by atoms with E-state index in [0.717, 1.165) is 36.8 Å². The van der Waals surface area contributed by atoms with Crippen molar-refractivity contribution in [2.75, 3.05) is 14.2 Å². The van der Waals surface area contributed by atoms with Gasteiger partial charge in [-0.05, 0) is 73.1 Å². The highest BCUT2D eigenvalue weighted by Gasteiger charge is 2.66. The van der Waals surface area contributed by atoms with Crippen LogP contribution in [0, 0.1) is 22.6 Å². The summed E-state index contributed by atoms with van der Waals surface area (Å²) in [6.07, 6.45) is 4.14. The number of nitriles is 1. The van der Waals surface area contributed by atoms with Crippen LogP contribution in [0.2, 0.25) is 0 Å². The third-order valence-electron chi connectivity index (χ3n) is 7.81. The van der Waals surface area contributed by atoms with E-state index in [1.165, 1.54) is 0 Å². The highest BCUT2D eigenvalue weighted by atomic mass is 19.1. The molecule has 2 aromatic carbocycles. The van der Waals surface area contributed by atoms with Gasteiger partial charge in [0, 0.05) is 25.1 Å². The Bertz CT molecular complexity index is 1180. The second kappa shape index (κ2) is 7.18. The molecule has 3 aliphatic rings. The lowest BCUT2D eigenvalue weighted by molar-refractivity contribution is -0.137. The average Bonchev–Trinajstić information content (AvgIpc) is 3.19. The highest BCUT2D eigenvalue weighted by molar-refractivity contribution is 5.95. The number of halogens is 1. The fraction of sp³-hybridized carbons (Fsp3) is 0.385. The molecule has 1 saturated heterocycles. The molecule has 1 heterocycles. The van der Waals surface area contributed by atoms with Crippen molar-refractivity contribution in [3.63, 3.8) is 0 Å². The molecule has 6 heteroatoms. The number of ether oxygens (including phenoxy) is 1. The summed E-state index contributed by atoms with van der Waals surface area (Å²) in [6, 6.07) is 12.4. The minimum Gasteiger partial charge on any atom is -0.381 e. The third-order valence-corrected chi connectivity index (χ3v) is 7.81. The van der Waals surface area contributed by atoms with Gasteiger partial charge < -0.3 is 10.1 Å². The first-order valence-electron chi connectivity index (χ1n) is 11.0. The predicted octanol–water partition coefficient (Wildman–Crippen LogP) is 4.22. The smallest absolute Gasteiger partial charge is 0.258 e. The first kappa shape index (κ1) is 20.7. The Labute approximate surface area is 187 Å². The van der Waals surface area contributed by atoms with Crippen LogP contribution in [0.5, 0.6) is 0 Å². The summed E-state index contributed by atoms with van der Waals surface area (Å²) in [5.74, 6) is 0.183. The van der Waals surface area contributed by atoms with Gasteiger partial charge in [0.15, 0.2) is 5.54 Å². The van der Waals surface area contributed by atoms with E-state index in [1.54, 1.807) is 49.4 Å². The van der Waals surface area contributed by atoms with Crippen molar-refractivity contribution in [1.29, 1.82) is 5.26 Å². The van der Waals surface area contributed by atoms with Crippen LogP contribution in [0.3, 0.4) is 0 Å². The maximum Gasteiger partial charge on any atom is 0.258 e. The number of rotatable bonds is 2. The molecule has 0 aromatic heterocycles. The second-order valence-electron chi connectivity index (χ2n) is 9.26. The fourth-order valence-corrected chi connectivity index (χ4v) is 6.07. The van der Waals surface area contributed by atoms with E-state index in [9.17, 15) is 10.1 Å². The van der Waals surface area contributed by atoms with Crippen molar-refractivity contribution in [1.82, 2.24) is 10.2 Å². The number of methoxy groups -OCH3 is 1. The molecule has 1 aliphatic heterocycles. The number of hydrogen-bond donors (Lipinski definition) is 1. The molecule has 1 amide bonds. The molecule has 0 bridgehead atoms. The molecule has 1 saturated carbocycles. The largest absolute Gasteiger partial charge is 0.381 e. The maximum absolute atomic E-state index is 15.3. The Morgan fingerprint density at radius 1 is 1.28 bits per heavy atom. The van der Waals surface area contributed by atoms with E-state index in [0.29, 0.717) is 28.9 Å². The quantitative estimate of drug-likeness (QED) is 0.773. The van der Waals surface area contributed by atoms with Crippen LogP contribution < -0.4 is 5.32 Å². The monoisotopic (exact) mass is 431 g/mol. The van der Waals surface area contributed by atoms with Gasteiger partial charge >= 0.3 is 0 Å². The van der Waals surface area contributed by atoms with Gasteiger partial charge in [-0.2, -0.15) is 5.26 Å². The van der Waals surface area contributed by atoms with Gasteiger partial charge in [0.2, 0.25) is 0 Å². The van der Waals surface area contributed by atoms with Crippen LogP contribution in [0.25, 0.3) is 11.1 Å². The number of hydrogen-bond acceptors (Lipinski definition) is 4. The summed E-state index contributed by atoms with van der Waals surface area (Å²) in [4.78, 5) is 15.4. The molecule has 2 spiro atoms. The summed E-state index contributed by atoms with van der Waals surface area (Å²) in [7, 11) is 3.47. The lowest BCUT2D eigenvalue weighted by Gasteiger charge is -2.46. The normalized spacial score (nSPS) is 28.8. The number of carbonyl (C=O) groups is 1. The molecule has 2 aliphatic carbocycles. The second-order valence-corrected chi connectivity index (χ2v) is 9.26. The van der Waals surface area contributed by atoms with Gasteiger partial charge in [-0.1, -0.05) is 18.7 Å². The first-order chi connectivity index (χ1) is 15.3. The van der Waals surface area contributed by atoms with Gasteiger partial charge in [-0.25, -0.2) is 4.39 Å². The fourth-order valence-electron chi connectivity index (χ4n) is 6.07. The van der Waals surface area contributed by atoms with Crippen LogP contribution in [-0.4, -0.2) is 31.1 Å². The van der Waals surface area contributed by atoms with E-state index < -0.39 is 5.54 Å². The summed E-state index contributed by atoms with van der Waals surface area (Å²) in [6.45, 7) is 4.07. The van der Waals surface area contributed by atoms with Crippen molar-refractivity contribution in [3.05, 3.63) is 71.3 Å². The van der Waals surface area contributed by atoms with Crippen molar-refractivity contribution in [2.24, 2.45) is 5.41 Å². The zero-order valence-corrected chi connectivity index (χ0v) is 18.4. The predicted molar refractivity (Wildman–Crippen MR) is 119 cm³/mol. The zero-order chi connectivity index (χ0) is 22.7. The van der Waals surface area contributed by atoms with E-state index in [4.69, 9.17) is 4.74 Å². The van der Waals surface area contributed by atoms with Gasteiger partial charge in [0.25, 0.3) is 5.91 Å². The van der Waals surface area contributed by atoms with Crippen LogP contribution in [0.1, 0.15) is 42.4 Å². The molecular weight excluding hydrogens is 405 g/mol. The average molecular weight is 432 g/mol. The Morgan fingerprint density at radius 3 is 2.66 bits per heavy atom. The number of amides is 1. The number of nitrogens with zero attached hydrogens (tertiary/aromatic N) is 2. The molecule has 32 heavy (non-hydrogen) atoms. The topological polar surface area (TPSA) is 65.4 Å². The zero-order valence-electron chi connectivity index (χ0n) is 18.4. The lowest BCUT2D eigenvalue weighted by atomic mass is 9.61. The number of fused-ring (bicyclic) bond motifs is 3. The molecule has 2 aromatic rings. The number of benzene rings is 2. The third kappa shape index (κ3) is 2.67. The van der Waals surface area contributed by atoms with E-state index in [-0.39, 0.29) is 23.2 Å². The maximum atomic E-state index is 15.3. The van der Waals surface area contributed by atoms with Crippen molar-refractivity contribution in [3.8, 4) is 17.2 Å². The van der Waals surface area contributed by atoms with Crippen molar-refractivity contribution in [2.45, 2.75) is 43.7 Å². The van der Waals surface area contributed by atoms with Gasteiger partial charge in [0.1, 0.15) is 11.6 Å². The Hall–Kier alpha value is -3.17. The number of likely N-dealkylation sites (N-methyl/N-ethyl adjacent to an activating group) is 1. The van der Waals surface area contributed by atoms with Crippen LogP contribution in [-0.2, 0) is 21.5 Å². The van der Waals surface area contributed by atoms with Crippen molar-refractivity contribution < 1.29 is 13.9 Å². The van der Waals surface area contributed by atoms with E-state index >= 15 is 4.39 Å². The van der Waals surface area contributed by atoms with Gasteiger partial charge in [-0.3, -0.25) is 9.69 Å². The van der Waals surface area contributed by atoms with Gasteiger partial charge in [-0.15, -0.1) is 0 Å². The standard InChI is InChI=1S/C26H26FN3O2/c1-16-29-26(24(31)30(16)2)22-13-21(18-6-4-5-17(11-18)15-28)23(27)12-19(22)14-25(26)9-7-20(32-3)8-10-25/h4-6,11-13,20,29H,1,7-10,14H2,2-3H3. The lowest BCUT2D eigenvalue weighted by Crippen LogP contribution is -2.56. The number of nitrogens with one attached hydrogen (secondary N) is 1. The Kier molecular flexibility index (Phi) is 4.65. The van der Waals surface area contributed by atoms with Crippen LogP contribution in [0.15, 0.2) is 48.8 Å². The van der Waals surface area contributed by atoms with Crippen LogP contribution >= 0.6 is 0 Å². The molecule has 0 radical (unpaired) electrons. The summed E-state index contributed by atoms with van der Waals surface area (Å²) in [5.41, 5.74) is 1.84. The van der Waals surface area contributed by atoms with Crippen molar-refractivity contribution >= 4 is 5.91 Å². The molecule has 2 fully saturated rings.